The maximum absolute atomic E-state index is 11.4. The number of aryl methyl sites for hydroxylation is 1. The fourth-order valence-corrected chi connectivity index (χ4v) is 2.75. The average molecular weight is 294 g/mol. The molecule has 0 fully saturated rings. The summed E-state index contributed by atoms with van der Waals surface area (Å²) >= 11 is 0. The van der Waals surface area contributed by atoms with Gasteiger partial charge >= 0.3 is 12.2 Å². The van der Waals surface area contributed by atoms with Gasteiger partial charge < -0.3 is 9.16 Å². The van der Waals surface area contributed by atoms with E-state index >= 15 is 0 Å². The Morgan fingerprint density at radius 2 is 1.80 bits per heavy atom. The molecule has 108 valence electrons. The Morgan fingerprint density at radius 3 is 2.40 bits per heavy atom. The third-order valence-electron chi connectivity index (χ3n) is 2.59. The van der Waals surface area contributed by atoms with Gasteiger partial charge in [-0.15, -0.1) is 0 Å². The molecule has 6 nitrogen and oxygen atoms in total. The van der Waals surface area contributed by atoms with Crippen molar-refractivity contribution in [1.29, 1.82) is 0 Å². The second kappa shape index (κ2) is 8.21. The zero-order valence-corrected chi connectivity index (χ0v) is 13.0. The molecule has 0 aliphatic carbocycles. The van der Waals surface area contributed by atoms with Crippen molar-refractivity contribution in [1.82, 2.24) is 0 Å². The lowest BCUT2D eigenvalue weighted by atomic mass is 10.2. The van der Waals surface area contributed by atoms with Crippen molar-refractivity contribution in [3.63, 3.8) is 0 Å². The normalized spacial score (nSPS) is 10.8. The molecule has 0 radical (unpaired) electrons. The summed E-state index contributed by atoms with van der Waals surface area (Å²) in [5, 5.41) is 6.38. The number of amides is 2. The number of nitrogens with zero attached hydrogens (tertiary/aromatic N) is 2. The molecule has 0 unspecified atom stereocenters. The first-order valence-electron chi connectivity index (χ1n) is 6.46. The van der Waals surface area contributed by atoms with Crippen molar-refractivity contribution in [2.24, 2.45) is 10.2 Å². The van der Waals surface area contributed by atoms with E-state index in [2.05, 4.69) is 10.2 Å². The zero-order chi connectivity index (χ0) is 15.0. The molecule has 1 aromatic rings. The fourth-order valence-electron chi connectivity index (χ4n) is 1.50. The second-order valence-corrected chi connectivity index (χ2v) is 7.32. The molecule has 1 rings (SSSR count). The summed E-state index contributed by atoms with van der Waals surface area (Å²) in [5.74, 6) is 0.358. The van der Waals surface area contributed by atoms with E-state index in [1.807, 2.05) is 26.8 Å². The SMILES string of the molecule is CC[SiH](CC)OC(=O)N=NC(=O)Oc1cccc(C)c1. The first kappa shape index (κ1) is 16.0. The van der Waals surface area contributed by atoms with Gasteiger partial charge in [-0.3, -0.25) is 0 Å². The number of benzene rings is 1. The molecular weight excluding hydrogens is 276 g/mol. The molecule has 0 aliphatic rings. The minimum atomic E-state index is -1.54. The first-order valence-corrected chi connectivity index (χ1v) is 8.56. The van der Waals surface area contributed by atoms with Gasteiger partial charge in [-0.1, -0.05) is 36.2 Å². The molecule has 0 spiro atoms. The van der Waals surface area contributed by atoms with Gasteiger partial charge in [-0.05, 0) is 36.7 Å². The van der Waals surface area contributed by atoms with Crippen LogP contribution in [-0.4, -0.2) is 21.2 Å². The van der Waals surface area contributed by atoms with Gasteiger partial charge in [0.15, 0.2) is 0 Å². The summed E-state index contributed by atoms with van der Waals surface area (Å²) in [6, 6.07) is 8.58. The van der Waals surface area contributed by atoms with Crippen LogP contribution in [0.1, 0.15) is 19.4 Å². The third kappa shape index (κ3) is 5.74. The number of ether oxygens (including phenoxy) is 1. The maximum atomic E-state index is 11.4. The monoisotopic (exact) mass is 294 g/mol. The quantitative estimate of drug-likeness (QED) is 0.624. The van der Waals surface area contributed by atoms with Crippen molar-refractivity contribution < 1.29 is 18.8 Å². The molecule has 7 heteroatoms. The Labute approximate surface area is 119 Å². The molecule has 0 bridgehead atoms. The van der Waals surface area contributed by atoms with Gasteiger partial charge in [-0.25, -0.2) is 9.59 Å². The van der Waals surface area contributed by atoms with Crippen LogP contribution in [0.3, 0.4) is 0 Å². The number of hydrogen-bond acceptors (Lipinski definition) is 4. The van der Waals surface area contributed by atoms with Crippen LogP contribution in [0.25, 0.3) is 0 Å². The molecular formula is C13H18N2O4Si. The maximum Gasteiger partial charge on any atom is 0.458 e. The summed E-state index contributed by atoms with van der Waals surface area (Å²) in [7, 11) is -1.54. The minimum absolute atomic E-state index is 0.358. The number of azo groups is 1. The third-order valence-corrected chi connectivity index (χ3v) is 4.94. The molecule has 2 amide bonds. The second-order valence-electron chi connectivity index (χ2n) is 4.21. The van der Waals surface area contributed by atoms with Crippen molar-refractivity contribution in [2.45, 2.75) is 32.9 Å². The average Bonchev–Trinajstić information content (AvgIpc) is 2.42. The number of hydrogen-bond donors (Lipinski definition) is 0. The molecule has 0 aliphatic heterocycles. The van der Waals surface area contributed by atoms with E-state index in [-0.39, 0.29) is 0 Å². The van der Waals surface area contributed by atoms with Crippen LogP contribution >= 0.6 is 0 Å². The Morgan fingerprint density at radius 1 is 1.15 bits per heavy atom. The molecule has 0 N–H and O–H groups in total. The lowest BCUT2D eigenvalue weighted by molar-refractivity contribution is 0.200. The van der Waals surface area contributed by atoms with E-state index in [0.29, 0.717) is 5.75 Å². The van der Waals surface area contributed by atoms with E-state index in [1.165, 1.54) is 0 Å². The van der Waals surface area contributed by atoms with E-state index in [0.717, 1.165) is 17.7 Å². The Hall–Kier alpha value is -2.02. The van der Waals surface area contributed by atoms with Crippen LogP contribution in [0, 0.1) is 6.92 Å². The van der Waals surface area contributed by atoms with E-state index in [4.69, 9.17) is 9.16 Å². The summed E-state index contributed by atoms with van der Waals surface area (Å²) in [6.45, 7) is 5.78. The van der Waals surface area contributed by atoms with Crippen molar-refractivity contribution in [3.05, 3.63) is 29.8 Å². The van der Waals surface area contributed by atoms with Crippen LogP contribution < -0.4 is 4.74 Å². The van der Waals surface area contributed by atoms with E-state index in [9.17, 15) is 9.59 Å². The minimum Gasteiger partial charge on any atom is -0.504 e. The summed E-state index contributed by atoms with van der Waals surface area (Å²) in [6.07, 6.45) is -1.77. The highest BCUT2D eigenvalue weighted by atomic mass is 28.3. The number of carbonyl (C=O) groups is 2. The summed E-state index contributed by atoms with van der Waals surface area (Å²) in [5.41, 5.74) is 0.950. The highest BCUT2D eigenvalue weighted by Crippen LogP contribution is 2.13. The fraction of sp³-hybridized carbons (Fsp3) is 0.385. The van der Waals surface area contributed by atoms with Crippen molar-refractivity contribution >= 4 is 21.2 Å². The Balaban J connectivity index is 2.49. The van der Waals surface area contributed by atoms with Crippen LogP contribution in [0.4, 0.5) is 9.59 Å². The van der Waals surface area contributed by atoms with Gasteiger partial charge in [0, 0.05) is 0 Å². The van der Waals surface area contributed by atoms with Gasteiger partial charge in [-0.2, -0.15) is 0 Å². The van der Waals surface area contributed by atoms with Crippen LogP contribution in [0.15, 0.2) is 34.5 Å². The predicted molar refractivity (Wildman–Crippen MR) is 76.7 cm³/mol. The lowest BCUT2D eigenvalue weighted by Gasteiger charge is -2.08. The largest absolute Gasteiger partial charge is 0.504 e. The Kier molecular flexibility index (Phi) is 6.58. The van der Waals surface area contributed by atoms with Crippen LogP contribution in [-0.2, 0) is 4.43 Å². The van der Waals surface area contributed by atoms with Crippen molar-refractivity contribution in [3.8, 4) is 5.75 Å². The van der Waals surface area contributed by atoms with Gasteiger partial charge in [0.05, 0.1) is 0 Å². The van der Waals surface area contributed by atoms with Gasteiger partial charge in [0.2, 0.25) is 9.04 Å². The van der Waals surface area contributed by atoms with Crippen LogP contribution in [0.2, 0.25) is 12.1 Å². The number of carbonyl (C=O) groups excluding carboxylic acids is 2. The topological polar surface area (TPSA) is 77.3 Å². The van der Waals surface area contributed by atoms with E-state index < -0.39 is 21.2 Å². The molecule has 0 saturated heterocycles. The van der Waals surface area contributed by atoms with E-state index in [1.54, 1.807) is 18.2 Å². The van der Waals surface area contributed by atoms with Crippen LogP contribution in [0.5, 0.6) is 5.75 Å². The predicted octanol–water partition coefficient (Wildman–Crippen LogP) is 3.85. The molecule has 0 heterocycles. The zero-order valence-electron chi connectivity index (χ0n) is 11.8. The molecule has 20 heavy (non-hydrogen) atoms. The Bertz CT molecular complexity index is 501. The summed E-state index contributed by atoms with van der Waals surface area (Å²) < 4.78 is 10.0. The first-order chi connectivity index (χ1) is 9.55. The molecule has 1 aromatic carbocycles. The van der Waals surface area contributed by atoms with Gasteiger partial charge in [0.25, 0.3) is 0 Å². The number of rotatable bonds is 4. The van der Waals surface area contributed by atoms with Gasteiger partial charge in [0.1, 0.15) is 5.75 Å². The highest BCUT2D eigenvalue weighted by molar-refractivity contribution is 6.53. The smallest absolute Gasteiger partial charge is 0.458 e. The molecule has 0 saturated carbocycles. The standard InChI is InChI=1S/C13H18N2O4Si/c1-4-20(5-2)19-13(17)15-14-12(16)18-11-8-6-7-10(3)9-11/h6-9,20H,4-5H2,1-3H3. The highest BCUT2D eigenvalue weighted by Gasteiger charge is 2.12. The van der Waals surface area contributed by atoms with Crippen molar-refractivity contribution in [2.75, 3.05) is 0 Å². The lowest BCUT2D eigenvalue weighted by Crippen LogP contribution is -2.18. The molecule has 0 aromatic heterocycles. The summed E-state index contributed by atoms with van der Waals surface area (Å²) in [4.78, 5) is 22.7. The molecule has 0 atom stereocenters.